The molecule has 0 spiro atoms. The lowest BCUT2D eigenvalue weighted by molar-refractivity contribution is 0.314. The van der Waals surface area contributed by atoms with Crippen molar-refractivity contribution in [2.24, 2.45) is 11.7 Å². The average Bonchev–Trinajstić information content (AvgIpc) is 2.36. The molecule has 100 valence electrons. The van der Waals surface area contributed by atoms with E-state index in [1.54, 1.807) is 0 Å². The van der Waals surface area contributed by atoms with E-state index in [2.05, 4.69) is 37.4 Å². The monoisotopic (exact) mass is 246 g/mol. The normalized spacial score (nSPS) is 24.2. The predicted octanol–water partition coefficient (Wildman–Crippen LogP) is 2.91. The number of hydrogen-bond acceptors (Lipinski definition) is 2. The van der Waals surface area contributed by atoms with Gasteiger partial charge in [0.05, 0.1) is 0 Å². The summed E-state index contributed by atoms with van der Waals surface area (Å²) in [5.74, 6) is 0.829. The average molecular weight is 246 g/mol. The Bertz CT molecular complexity index is 379. The van der Waals surface area contributed by atoms with E-state index in [0.29, 0.717) is 6.04 Å². The maximum absolute atomic E-state index is 5.93. The molecule has 0 atom stereocenters. The SMILES string of the molecule is Cc1ccc(C)c(CNCC2CCC(N)CC2)c1. The molecule has 1 saturated carbocycles. The summed E-state index contributed by atoms with van der Waals surface area (Å²) in [7, 11) is 0. The van der Waals surface area contributed by atoms with Gasteiger partial charge in [-0.1, -0.05) is 23.8 Å². The zero-order valence-corrected chi connectivity index (χ0v) is 11.7. The molecule has 2 nitrogen and oxygen atoms in total. The molecule has 0 aromatic heterocycles. The van der Waals surface area contributed by atoms with E-state index in [4.69, 9.17) is 5.73 Å². The number of nitrogens with two attached hydrogens (primary N) is 1. The van der Waals surface area contributed by atoms with Crippen LogP contribution in [0, 0.1) is 19.8 Å². The van der Waals surface area contributed by atoms with Crippen LogP contribution in [0.4, 0.5) is 0 Å². The van der Waals surface area contributed by atoms with Crippen LogP contribution < -0.4 is 11.1 Å². The van der Waals surface area contributed by atoms with Gasteiger partial charge in [-0.3, -0.25) is 0 Å². The van der Waals surface area contributed by atoms with Gasteiger partial charge >= 0.3 is 0 Å². The lowest BCUT2D eigenvalue weighted by Crippen LogP contribution is -2.31. The molecule has 18 heavy (non-hydrogen) atoms. The van der Waals surface area contributed by atoms with E-state index in [-0.39, 0.29) is 0 Å². The second kappa shape index (κ2) is 6.35. The van der Waals surface area contributed by atoms with Crippen LogP contribution in [0.15, 0.2) is 18.2 Å². The molecule has 0 amide bonds. The summed E-state index contributed by atoms with van der Waals surface area (Å²) in [6.45, 7) is 6.48. The van der Waals surface area contributed by atoms with E-state index >= 15 is 0 Å². The Balaban J connectivity index is 1.76. The summed E-state index contributed by atoms with van der Waals surface area (Å²) in [5, 5.41) is 3.61. The standard InChI is InChI=1S/C16H26N2/c1-12-3-4-13(2)15(9-12)11-18-10-14-5-7-16(17)8-6-14/h3-4,9,14,16,18H,5-8,10-11,17H2,1-2H3. The van der Waals surface area contributed by atoms with Crippen molar-refractivity contribution in [3.05, 3.63) is 34.9 Å². The van der Waals surface area contributed by atoms with Gasteiger partial charge in [-0.25, -0.2) is 0 Å². The maximum atomic E-state index is 5.93. The molecule has 0 saturated heterocycles. The van der Waals surface area contributed by atoms with Crippen LogP contribution in [0.2, 0.25) is 0 Å². The van der Waals surface area contributed by atoms with E-state index < -0.39 is 0 Å². The summed E-state index contributed by atoms with van der Waals surface area (Å²) in [6, 6.07) is 7.15. The van der Waals surface area contributed by atoms with Gasteiger partial charge in [-0.2, -0.15) is 0 Å². The van der Waals surface area contributed by atoms with Crippen molar-refractivity contribution in [2.75, 3.05) is 6.54 Å². The molecule has 1 aliphatic carbocycles. The molecule has 1 aromatic rings. The Morgan fingerprint density at radius 1 is 1.17 bits per heavy atom. The molecule has 2 rings (SSSR count). The predicted molar refractivity (Wildman–Crippen MR) is 77.6 cm³/mol. The summed E-state index contributed by atoms with van der Waals surface area (Å²) in [6.07, 6.45) is 4.99. The van der Waals surface area contributed by atoms with Crippen LogP contribution in [-0.4, -0.2) is 12.6 Å². The zero-order valence-electron chi connectivity index (χ0n) is 11.7. The largest absolute Gasteiger partial charge is 0.328 e. The lowest BCUT2D eigenvalue weighted by Gasteiger charge is -2.26. The molecular formula is C16H26N2. The first-order valence-corrected chi connectivity index (χ1v) is 7.17. The number of nitrogens with one attached hydrogen (secondary N) is 1. The highest BCUT2D eigenvalue weighted by atomic mass is 14.9. The van der Waals surface area contributed by atoms with Crippen molar-refractivity contribution in [3.63, 3.8) is 0 Å². The van der Waals surface area contributed by atoms with Crippen molar-refractivity contribution >= 4 is 0 Å². The molecule has 0 bridgehead atoms. The van der Waals surface area contributed by atoms with Crippen molar-refractivity contribution in [3.8, 4) is 0 Å². The van der Waals surface area contributed by atoms with E-state index in [9.17, 15) is 0 Å². The minimum absolute atomic E-state index is 0.459. The van der Waals surface area contributed by atoms with Crippen molar-refractivity contribution in [2.45, 2.75) is 52.1 Å². The third-order valence-electron chi connectivity index (χ3n) is 4.14. The smallest absolute Gasteiger partial charge is 0.0208 e. The van der Waals surface area contributed by atoms with Crippen molar-refractivity contribution < 1.29 is 0 Å². The number of aryl methyl sites for hydroxylation is 2. The van der Waals surface area contributed by atoms with Gasteiger partial charge in [0.2, 0.25) is 0 Å². The Hall–Kier alpha value is -0.860. The zero-order chi connectivity index (χ0) is 13.0. The second-order valence-electron chi connectivity index (χ2n) is 5.84. The molecule has 1 fully saturated rings. The number of hydrogen-bond donors (Lipinski definition) is 2. The summed E-state index contributed by atoms with van der Waals surface area (Å²) in [5.41, 5.74) is 10.1. The van der Waals surface area contributed by atoms with E-state index in [1.165, 1.54) is 42.4 Å². The highest BCUT2D eigenvalue weighted by molar-refractivity contribution is 5.30. The van der Waals surface area contributed by atoms with Crippen LogP contribution >= 0.6 is 0 Å². The first-order chi connectivity index (χ1) is 8.65. The number of rotatable bonds is 4. The van der Waals surface area contributed by atoms with Crippen molar-refractivity contribution in [1.29, 1.82) is 0 Å². The lowest BCUT2D eigenvalue weighted by atomic mass is 9.86. The fraction of sp³-hybridized carbons (Fsp3) is 0.625. The van der Waals surface area contributed by atoms with Crippen LogP contribution in [-0.2, 0) is 6.54 Å². The van der Waals surface area contributed by atoms with Crippen LogP contribution in [0.5, 0.6) is 0 Å². The Kier molecular flexibility index (Phi) is 4.79. The first-order valence-electron chi connectivity index (χ1n) is 7.17. The first kappa shape index (κ1) is 13.6. The minimum Gasteiger partial charge on any atom is -0.328 e. The summed E-state index contributed by atoms with van der Waals surface area (Å²) < 4.78 is 0. The molecule has 0 unspecified atom stereocenters. The maximum Gasteiger partial charge on any atom is 0.0208 e. The van der Waals surface area contributed by atoms with Gasteiger partial charge in [0, 0.05) is 12.6 Å². The van der Waals surface area contributed by atoms with E-state index in [0.717, 1.165) is 19.0 Å². The third-order valence-corrected chi connectivity index (χ3v) is 4.14. The Morgan fingerprint density at radius 2 is 1.89 bits per heavy atom. The molecule has 3 N–H and O–H groups in total. The number of benzene rings is 1. The molecule has 0 heterocycles. The fourth-order valence-corrected chi connectivity index (χ4v) is 2.79. The van der Waals surface area contributed by atoms with E-state index in [1.807, 2.05) is 0 Å². The fourth-order valence-electron chi connectivity index (χ4n) is 2.79. The van der Waals surface area contributed by atoms with Crippen LogP contribution in [0.1, 0.15) is 42.4 Å². The van der Waals surface area contributed by atoms with Gasteiger partial charge < -0.3 is 11.1 Å². The Morgan fingerprint density at radius 3 is 2.61 bits per heavy atom. The molecule has 1 aliphatic rings. The molecule has 0 radical (unpaired) electrons. The van der Waals surface area contributed by atoms with Gasteiger partial charge in [-0.15, -0.1) is 0 Å². The highest BCUT2D eigenvalue weighted by Gasteiger charge is 2.17. The summed E-state index contributed by atoms with van der Waals surface area (Å²) >= 11 is 0. The van der Waals surface area contributed by atoms with Crippen molar-refractivity contribution in [1.82, 2.24) is 5.32 Å². The van der Waals surface area contributed by atoms with Gasteiger partial charge in [0.1, 0.15) is 0 Å². The van der Waals surface area contributed by atoms with Gasteiger partial charge in [0.15, 0.2) is 0 Å². The second-order valence-corrected chi connectivity index (χ2v) is 5.84. The quantitative estimate of drug-likeness (QED) is 0.857. The molecule has 2 heteroatoms. The van der Waals surface area contributed by atoms with Crippen LogP contribution in [0.3, 0.4) is 0 Å². The Labute approximate surface area is 111 Å². The third kappa shape index (κ3) is 3.82. The molecule has 1 aromatic carbocycles. The highest BCUT2D eigenvalue weighted by Crippen LogP contribution is 2.22. The van der Waals surface area contributed by atoms with Gasteiger partial charge in [-0.05, 0) is 63.1 Å². The molecule has 0 aliphatic heterocycles. The van der Waals surface area contributed by atoms with Gasteiger partial charge in [0.25, 0.3) is 0 Å². The van der Waals surface area contributed by atoms with Crippen LogP contribution in [0.25, 0.3) is 0 Å². The summed E-state index contributed by atoms with van der Waals surface area (Å²) in [4.78, 5) is 0. The topological polar surface area (TPSA) is 38.0 Å². The minimum atomic E-state index is 0.459. The molecular weight excluding hydrogens is 220 g/mol.